The molecule has 1 fully saturated rings. The number of carbonyl (C=O) groups excluding carboxylic acids is 2. The second-order valence-corrected chi connectivity index (χ2v) is 9.19. The van der Waals surface area contributed by atoms with Crippen LogP contribution in [-0.2, 0) is 22.6 Å². The van der Waals surface area contributed by atoms with Crippen LogP contribution in [-0.4, -0.2) is 22.8 Å². The number of hydrogen-bond acceptors (Lipinski definition) is 4. The summed E-state index contributed by atoms with van der Waals surface area (Å²) >= 11 is 1.55. The molecule has 0 bridgehead atoms. The average molecular weight is 437 g/mol. The van der Waals surface area contributed by atoms with Crippen LogP contribution in [0.1, 0.15) is 53.5 Å². The van der Waals surface area contributed by atoms with Crippen molar-refractivity contribution in [1.29, 1.82) is 0 Å². The molecule has 1 aromatic carbocycles. The molecule has 0 unspecified atom stereocenters. The fourth-order valence-corrected chi connectivity index (χ4v) is 4.83. The number of thiophene rings is 1. The van der Waals surface area contributed by atoms with E-state index in [-0.39, 0.29) is 30.8 Å². The number of nitrogens with one attached hydrogen (secondary N) is 1. The smallest absolute Gasteiger partial charge is 0.247 e. The standard InChI is InChI=1S/C25H28N2O3S/c1-18-10-12-19(13-11-18)24(25(29)26-20-6-2-3-7-20)27(17-21-8-4-14-30-21)23(28)16-22-9-5-15-31-22/h4-5,8-15,20,24H,2-3,6-7,16-17H2,1H3,(H,26,29)/t24-/m0/s1. The van der Waals surface area contributed by atoms with E-state index >= 15 is 0 Å². The SMILES string of the molecule is Cc1ccc([C@@H](C(=O)NC2CCCC2)N(Cc2ccco2)C(=O)Cc2cccs2)cc1. The van der Waals surface area contributed by atoms with Crippen molar-refractivity contribution in [3.8, 4) is 0 Å². The number of nitrogens with zero attached hydrogens (tertiary/aromatic N) is 1. The molecule has 162 valence electrons. The van der Waals surface area contributed by atoms with Gasteiger partial charge in [0.1, 0.15) is 11.8 Å². The number of carbonyl (C=O) groups is 2. The first-order valence-electron chi connectivity index (χ1n) is 10.8. The fourth-order valence-electron chi connectivity index (χ4n) is 4.13. The predicted molar refractivity (Wildman–Crippen MR) is 122 cm³/mol. The quantitative estimate of drug-likeness (QED) is 0.539. The zero-order valence-electron chi connectivity index (χ0n) is 17.8. The molecule has 31 heavy (non-hydrogen) atoms. The van der Waals surface area contributed by atoms with Gasteiger partial charge in [0.2, 0.25) is 11.8 Å². The van der Waals surface area contributed by atoms with Crippen molar-refractivity contribution in [2.75, 3.05) is 0 Å². The molecule has 0 aliphatic heterocycles. The summed E-state index contributed by atoms with van der Waals surface area (Å²) in [6, 6.07) is 14.9. The largest absolute Gasteiger partial charge is 0.467 e. The summed E-state index contributed by atoms with van der Waals surface area (Å²) in [5.74, 6) is 0.443. The van der Waals surface area contributed by atoms with Gasteiger partial charge in [0.05, 0.1) is 19.2 Å². The van der Waals surface area contributed by atoms with Gasteiger partial charge in [-0.3, -0.25) is 9.59 Å². The summed E-state index contributed by atoms with van der Waals surface area (Å²) in [7, 11) is 0. The highest BCUT2D eigenvalue weighted by Crippen LogP contribution is 2.27. The molecule has 5 nitrogen and oxygen atoms in total. The topological polar surface area (TPSA) is 62.6 Å². The molecule has 1 atom stereocenters. The Balaban J connectivity index is 1.67. The maximum absolute atomic E-state index is 13.5. The van der Waals surface area contributed by atoms with Crippen molar-refractivity contribution in [3.05, 3.63) is 81.9 Å². The zero-order chi connectivity index (χ0) is 21.6. The van der Waals surface area contributed by atoms with Crippen molar-refractivity contribution in [2.45, 2.75) is 57.7 Å². The molecule has 1 saturated carbocycles. The lowest BCUT2D eigenvalue weighted by Gasteiger charge is -2.32. The molecule has 0 spiro atoms. The Bertz CT molecular complexity index is 974. The Morgan fingerprint density at radius 3 is 2.55 bits per heavy atom. The maximum Gasteiger partial charge on any atom is 0.247 e. The number of aryl methyl sites for hydroxylation is 1. The van der Waals surface area contributed by atoms with Crippen LogP contribution in [0.2, 0.25) is 0 Å². The van der Waals surface area contributed by atoms with Crippen LogP contribution in [0.3, 0.4) is 0 Å². The minimum atomic E-state index is -0.709. The van der Waals surface area contributed by atoms with Crippen LogP contribution in [0, 0.1) is 6.92 Å². The molecule has 6 heteroatoms. The first-order chi connectivity index (χ1) is 15.1. The molecule has 1 aliphatic carbocycles. The zero-order valence-corrected chi connectivity index (χ0v) is 18.6. The van der Waals surface area contributed by atoms with Crippen molar-refractivity contribution in [2.24, 2.45) is 0 Å². The van der Waals surface area contributed by atoms with E-state index in [9.17, 15) is 9.59 Å². The average Bonchev–Trinajstić information content (AvgIpc) is 3.53. The van der Waals surface area contributed by atoms with E-state index in [2.05, 4.69) is 5.32 Å². The first-order valence-corrected chi connectivity index (χ1v) is 11.7. The van der Waals surface area contributed by atoms with E-state index < -0.39 is 6.04 Å². The van der Waals surface area contributed by atoms with Gasteiger partial charge < -0.3 is 14.6 Å². The summed E-state index contributed by atoms with van der Waals surface area (Å²) < 4.78 is 5.54. The van der Waals surface area contributed by atoms with E-state index in [1.54, 1.807) is 28.6 Å². The summed E-state index contributed by atoms with van der Waals surface area (Å²) in [6.07, 6.45) is 6.11. The van der Waals surface area contributed by atoms with E-state index in [0.717, 1.165) is 41.7 Å². The van der Waals surface area contributed by atoms with Crippen molar-refractivity contribution >= 4 is 23.2 Å². The third-order valence-corrected chi connectivity index (χ3v) is 6.66. The van der Waals surface area contributed by atoms with Gasteiger partial charge in [0, 0.05) is 10.9 Å². The highest BCUT2D eigenvalue weighted by molar-refractivity contribution is 7.10. The van der Waals surface area contributed by atoms with Crippen LogP contribution in [0.15, 0.2) is 64.6 Å². The normalized spacial score (nSPS) is 15.0. The number of rotatable bonds is 8. The van der Waals surface area contributed by atoms with Crippen LogP contribution in [0.4, 0.5) is 0 Å². The molecule has 0 radical (unpaired) electrons. The van der Waals surface area contributed by atoms with Crippen molar-refractivity contribution in [1.82, 2.24) is 10.2 Å². The molecule has 2 heterocycles. The minimum Gasteiger partial charge on any atom is -0.467 e. The van der Waals surface area contributed by atoms with Crippen LogP contribution < -0.4 is 5.32 Å². The van der Waals surface area contributed by atoms with Crippen LogP contribution >= 0.6 is 11.3 Å². The van der Waals surface area contributed by atoms with Gasteiger partial charge in [0.25, 0.3) is 0 Å². The maximum atomic E-state index is 13.5. The van der Waals surface area contributed by atoms with E-state index in [1.807, 2.05) is 54.8 Å². The molecule has 1 N–H and O–H groups in total. The van der Waals surface area contributed by atoms with Gasteiger partial charge >= 0.3 is 0 Å². The molecular formula is C25H28N2O3S. The summed E-state index contributed by atoms with van der Waals surface area (Å²) in [5, 5.41) is 5.17. The van der Waals surface area contributed by atoms with Gasteiger partial charge in [-0.15, -0.1) is 11.3 Å². The van der Waals surface area contributed by atoms with E-state index in [4.69, 9.17) is 4.42 Å². The second kappa shape index (κ2) is 9.96. The highest BCUT2D eigenvalue weighted by Gasteiger charge is 2.33. The molecule has 2 aromatic heterocycles. The second-order valence-electron chi connectivity index (χ2n) is 8.16. The molecule has 4 rings (SSSR count). The number of hydrogen-bond donors (Lipinski definition) is 1. The Morgan fingerprint density at radius 1 is 1.13 bits per heavy atom. The lowest BCUT2D eigenvalue weighted by Crippen LogP contribution is -2.46. The lowest BCUT2D eigenvalue weighted by atomic mass is 10.0. The first kappa shape index (κ1) is 21.4. The number of benzene rings is 1. The van der Waals surface area contributed by atoms with Gasteiger partial charge in [-0.05, 0) is 48.9 Å². The molecule has 2 amide bonds. The monoisotopic (exact) mass is 436 g/mol. The third kappa shape index (κ3) is 5.44. The number of furan rings is 1. The Hall–Kier alpha value is -2.86. The lowest BCUT2D eigenvalue weighted by molar-refractivity contribution is -0.141. The van der Waals surface area contributed by atoms with Crippen LogP contribution in [0.5, 0.6) is 0 Å². The summed E-state index contributed by atoms with van der Waals surface area (Å²) in [6.45, 7) is 2.26. The predicted octanol–water partition coefficient (Wildman–Crippen LogP) is 5.02. The van der Waals surface area contributed by atoms with Gasteiger partial charge in [-0.2, -0.15) is 0 Å². The molecule has 0 saturated heterocycles. The van der Waals surface area contributed by atoms with E-state index in [0.29, 0.717) is 5.76 Å². The number of amides is 2. The van der Waals surface area contributed by atoms with Crippen molar-refractivity contribution < 1.29 is 14.0 Å². The molecule has 1 aliphatic rings. The summed E-state index contributed by atoms with van der Waals surface area (Å²) in [5.41, 5.74) is 1.92. The van der Waals surface area contributed by atoms with Crippen molar-refractivity contribution in [3.63, 3.8) is 0 Å². The minimum absolute atomic E-state index is 0.0917. The molecular weight excluding hydrogens is 408 g/mol. The third-order valence-electron chi connectivity index (χ3n) is 5.79. The molecule has 3 aromatic rings. The van der Waals surface area contributed by atoms with Crippen LogP contribution in [0.25, 0.3) is 0 Å². The van der Waals surface area contributed by atoms with E-state index in [1.165, 1.54) is 0 Å². The Morgan fingerprint density at radius 2 is 1.90 bits per heavy atom. The summed E-state index contributed by atoms with van der Waals surface area (Å²) in [4.78, 5) is 29.6. The van der Waals surface area contributed by atoms with Gasteiger partial charge in [-0.25, -0.2) is 0 Å². The highest BCUT2D eigenvalue weighted by atomic mass is 32.1. The Kier molecular flexibility index (Phi) is 6.87. The van der Waals surface area contributed by atoms with Gasteiger partial charge in [-0.1, -0.05) is 48.7 Å². The fraction of sp³-hybridized carbons (Fsp3) is 0.360. The van der Waals surface area contributed by atoms with Gasteiger partial charge in [0.15, 0.2) is 0 Å². The Labute approximate surface area is 187 Å².